The van der Waals surface area contributed by atoms with E-state index in [1.54, 1.807) is 18.2 Å². The Balaban J connectivity index is 1.68. The SMILES string of the molecule is Cc1ccc2nc(N(/N=C/c3ccc(F)cc3)C(=O)/C=C/c3ccccc3)sc2c1. The Bertz CT molecular complexity index is 1230. The number of halogens is 1. The molecule has 0 aliphatic rings. The topological polar surface area (TPSA) is 45.6 Å². The second kappa shape index (κ2) is 8.80. The fourth-order valence-electron chi connectivity index (χ4n) is 2.79. The molecule has 0 radical (unpaired) electrons. The minimum Gasteiger partial charge on any atom is -0.267 e. The number of hydrogen-bond donors (Lipinski definition) is 0. The van der Waals surface area contributed by atoms with Gasteiger partial charge in [-0.2, -0.15) is 10.1 Å². The third-order valence-corrected chi connectivity index (χ3v) is 5.33. The Kier molecular flexibility index (Phi) is 5.77. The van der Waals surface area contributed by atoms with Gasteiger partial charge in [-0.1, -0.05) is 59.9 Å². The predicted octanol–water partition coefficient (Wildman–Crippen LogP) is 5.82. The number of carbonyl (C=O) groups excluding carboxylic acids is 1. The molecule has 0 saturated heterocycles. The molecule has 148 valence electrons. The van der Waals surface area contributed by atoms with Crippen LogP contribution in [0.3, 0.4) is 0 Å². The molecule has 0 bridgehead atoms. The number of fused-ring (bicyclic) bond motifs is 1. The van der Waals surface area contributed by atoms with Gasteiger partial charge in [-0.15, -0.1) is 0 Å². The van der Waals surface area contributed by atoms with Crippen LogP contribution in [0, 0.1) is 12.7 Å². The third kappa shape index (κ3) is 4.67. The number of hydrogen-bond acceptors (Lipinski definition) is 4. The Labute approximate surface area is 177 Å². The normalized spacial score (nSPS) is 11.5. The molecule has 0 aliphatic heterocycles. The molecule has 0 N–H and O–H groups in total. The average Bonchev–Trinajstić information content (AvgIpc) is 3.17. The molecule has 0 aliphatic carbocycles. The van der Waals surface area contributed by atoms with Gasteiger partial charge in [-0.05, 0) is 54.0 Å². The van der Waals surface area contributed by atoms with Crippen LogP contribution in [0.25, 0.3) is 16.3 Å². The van der Waals surface area contributed by atoms with Crippen LogP contribution < -0.4 is 5.01 Å². The van der Waals surface area contributed by atoms with Crippen LogP contribution in [-0.2, 0) is 4.79 Å². The van der Waals surface area contributed by atoms with E-state index in [2.05, 4.69) is 10.1 Å². The monoisotopic (exact) mass is 415 g/mol. The summed E-state index contributed by atoms with van der Waals surface area (Å²) in [4.78, 5) is 17.5. The molecular formula is C24H18FN3OS. The van der Waals surface area contributed by atoms with E-state index in [0.29, 0.717) is 10.7 Å². The molecule has 4 rings (SSSR count). The lowest BCUT2D eigenvalue weighted by molar-refractivity contribution is -0.114. The molecule has 0 saturated carbocycles. The van der Waals surface area contributed by atoms with Crippen LogP contribution in [0.15, 0.2) is 84.0 Å². The van der Waals surface area contributed by atoms with Crippen LogP contribution in [0.2, 0.25) is 0 Å². The summed E-state index contributed by atoms with van der Waals surface area (Å²) in [5.41, 5.74) is 3.52. The summed E-state index contributed by atoms with van der Waals surface area (Å²) in [6, 6.07) is 21.4. The smallest absolute Gasteiger partial charge is 0.267 e. The predicted molar refractivity (Wildman–Crippen MR) is 121 cm³/mol. The first-order valence-corrected chi connectivity index (χ1v) is 10.1. The second-order valence-electron chi connectivity index (χ2n) is 6.66. The van der Waals surface area contributed by atoms with Crippen molar-refractivity contribution in [1.29, 1.82) is 0 Å². The van der Waals surface area contributed by atoms with Crippen LogP contribution in [-0.4, -0.2) is 17.1 Å². The lowest BCUT2D eigenvalue weighted by Crippen LogP contribution is -2.23. The number of nitrogens with zero attached hydrogens (tertiary/aromatic N) is 3. The third-order valence-electron chi connectivity index (χ3n) is 4.33. The van der Waals surface area contributed by atoms with Crippen molar-refractivity contribution in [2.75, 3.05) is 5.01 Å². The van der Waals surface area contributed by atoms with Gasteiger partial charge in [-0.3, -0.25) is 4.79 Å². The summed E-state index contributed by atoms with van der Waals surface area (Å²) < 4.78 is 14.1. The molecular weight excluding hydrogens is 397 g/mol. The standard InChI is InChI=1S/C24H18FN3OS/c1-17-7-13-21-22(15-17)30-24(27-21)28(26-16-19-8-11-20(25)12-9-19)23(29)14-10-18-5-3-2-4-6-18/h2-16H,1H3/b14-10+,26-16+. The number of rotatable bonds is 5. The van der Waals surface area contributed by atoms with E-state index in [9.17, 15) is 9.18 Å². The lowest BCUT2D eigenvalue weighted by Gasteiger charge is -2.11. The van der Waals surface area contributed by atoms with Crippen LogP contribution in [0.4, 0.5) is 9.52 Å². The van der Waals surface area contributed by atoms with E-state index in [4.69, 9.17) is 0 Å². The summed E-state index contributed by atoms with van der Waals surface area (Å²) in [5.74, 6) is -0.652. The maximum absolute atomic E-state index is 13.2. The molecule has 3 aromatic carbocycles. The molecule has 0 fully saturated rings. The fourth-order valence-corrected chi connectivity index (χ4v) is 3.81. The van der Waals surface area contributed by atoms with Gasteiger partial charge in [0.25, 0.3) is 5.91 Å². The van der Waals surface area contributed by atoms with Gasteiger partial charge in [-0.25, -0.2) is 9.37 Å². The number of hydrazone groups is 1. The van der Waals surface area contributed by atoms with E-state index >= 15 is 0 Å². The zero-order chi connectivity index (χ0) is 20.9. The van der Waals surface area contributed by atoms with Crippen molar-refractivity contribution in [3.63, 3.8) is 0 Å². The summed E-state index contributed by atoms with van der Waals surface area (Å²) in [5, 5.41) is 6.09. The van der Waals surface area contributed by atoms with Crippen LogP contribution in [0.1, 0.15) is 16.7 Å². The van der Waals surface area contributed by atoms with E-state index in [0.717, 1.165) is 21.3 Å². The Hall–Kier alpha value is -3.64. The highest BCUT2D eigenvalue weighted by Crippen LogP contribution is 2.30. The molecule has 0 unspecified atom stereocenters. The van der Waals surface area contributed by atoms with E-state index in [-0.39, 0.29) is 11.7 Å². The zero-order valence-electron chi connectivity index (χ0n) is 16.2. The number of thiazole rings is 1. The molecule has 4 aromatic rings. The minimum atomic E-state index is -0.326. The highest BCUT2D eigenvalue weighted by atomic mass is 32.1. The van der Waals surface area contributed by atoms with Gasteiger partial charge in [0.2, 0.25) is 5.13 Å². The Morgan fingerprint density at radius 3 is 2.57 bits per heavy atom. The summed E-state index contributed by atoms with van der Waals surface area (Å²) in [6.07, 6.45) is 4.72. The van der Waals surface area contributed by atoms with Gasteiger partial charge in [0.1, 0.15) is 5.82 Å². The van der Waals surface area contributed by atoms with E-state index in [1.165, 1.54) is 40.8 Å². The van der Waals surface area contributed by atoms with Crippen molar-refractivity contribution >= 4 is 44.9 Å². The number of anilines is 1. The molecule has 1 aromatic heterocycles. The maximum Gasteiger partial charge on any atom is 0.273 e. The van der Waals surface area contributed by atoms with Crippen molar-refractivity contribution < 1.29 is 9.18 Å². The maximum atomic E-state index is 13.2. The number of aryl methyl sites for hydroxylation is 1. The van der Waals surface area contributed by atoms with Crippen LogP contribution >= 0.6 is 11.3 Å². The van der Waals surface area contributed by atoms with Gasteiger partial charge in [0.15, 0.2) is 0 Å². The first kappa shape index (κ1) is 19.7. The molecule has 0 atom stereocenters. The number of carbonyl (C=O) groups is 1. The molecule has 0 spiro atoms. The van der Waals surface area contributed by atoms with Gasteiger partial charge in [0.05, 0.1) is 16.4 Å². The second-order valence-corrected chi connectivity index (χ2v) is 7.67. The molecule has 30 heavy (non-hydrogen) atoms. The molecule has 1 amide bonds. The van der Waals surface area contributed by atoms with Gasteiger partial charge >= 0.3 is 0 Å². The van der Waals surface area contributed by atoms with E-state index < -0.39 is 0 Å². The number of aromatic nitrogens is 1. The summed E-state index contributed by atoms with van der Waals surface area (Å²) in [7, 11) is 0. The highest BCUT2D eigenvalue weighted by molar-refractivity contribution is 7.22. The largest absolute Gasteiger partial charge is 0.273 e. The first-order chi connectivity index (χ1) is 14.6. The number of amides is 1. The first-order valence-electron chi connectivity index (χ1n) is 9.32. The zero-order valence-corrected chi connectivity index (χ0v) is 17.0. The van der Waals surface area contributed by atoms with Crippen molar-refractivity contribution in [2.45, 2.75) is 6.92 Å². The highest BCUT2D eigenvalue weighted by Gasteiger charge is 2.17. The van der Waals surface area contributed by atoms with E-state index in [1.807, 2.05) is 55.5 Å². The van der Waals surface area contributed by atoms with Crippen LogP contribution in [0.5, 0.6) is 0 Å². The molecule has 6 heteroatoms. The quantitative estimate of drug-likeness (QED) is 0.234. The summed E-state index contributed by atoms with van der Waals surface area (Å²) >= 11 is 1.39. The Morgan fingerprint density at radius 1 is 1.03 bits per heavy atom. The summed E-state index contributed by atoms with van der Waals surface area (Å²) in [6.45, 7) is 2.01. The fraction of sp³-hybridized carbons (Fsp3) is 0.0417. The van der Waals surface area contributed by atoms with Crippen molar-refractivity contribution in [1.82, 2.24) is 4.98 Å². The Morgan fingerprint density at radius 2 is 1.80 bits per heavy atom. The average molecular weight is 415 g/mol. The minimum absolute atomic E-state index is 0.326. The van der Waals surface area contributed by atoms with Gasteiger partial charge in [0, 0.05) is 6.08 Å². The number of benzene rings is 3. The van der Waals surface area contributed by atoms with Crippen molar-refractivity contribution in [3.05, 3.63) is 101 Å². The molecule has 4 nitrogen and oxygen atoms in total. The van der Waals surface area contributed by atoms with Gasteiger partial charge < -0.3 is 0 Å². The van der Waals surface area contributed by atoms with Crippen molar-refractivity contribution in [2.24, 2.45) is 5.10 Å². The lowest BCUT2D eigenvalue weighted by atomic mass is 10.2. The van der Waals surface area contributed by atoms with Crippen molar-refractivity contribution in [3.8, 4) is 0 Å². The molecule has 1 heterocycles.